The number of hydrogen-bond donors (Lipinski definition) is 1. The van der Waals surface area contributed by atoms with Crippen LogP contribution in [0.3, 0.4) is 0 Å². The van der Waals surface area contributed by atoms with Crippen LogP contribution in [0, 0.1) is 13.8 Å². The van der Waals surface area contributed by atoms with Crippen molar-refractivity contribution in [2.24, 2.45) is 0 Å². The fraction of sp³-hybridized carbons (Fsp3) is 0.368. The summed E-state index contributed by atoms with van der Waals surface area (Å²) in [7, 11) is 0. The summed E-state index contributed by atoms with van der Waals surface area (Å²) in [6, 6.07) is 13.4. The van der Waals surface area contributed by atoms with Gasteiger partial charge in [0, 0.05) is 11.1 Å². The molecule has 0 saturated heterocycles. The van der Waals surface area contributed by atoms with Crippen molar-refractivity contribution in [3.8, 4) is 11.1 Å². The smallest absolute Gasteiger partial charge is 0.0438 e. The lowest BCUT2D eigenvalue weighted by Crippen LogP contribution is -2.19. The average Bonchev–Trinajstić information content (AvgIpc) is 2.48. The third-order valence-electron chi connectivity index (χ3n) is 3.90. The third-order valence-corrected chi connectivity index (χ3v) is 4.31. The van der Waals surface area contributed by atoms with Crippen LogP contribution >= 0.6 is 11.6 Å². The monoisotopic (exact) mass is 301 g/mol. The van der Waals surface area contributed by atoms with Crippen molar-refractivity contribution < 1.29 is 0 Å². The molecule has 0 amide bonds. The van der Waals surface area contributed by atoms with Gasteiger partial charge in [0.25, 0.3) is 0 Å². The van der Waals surface area contributed by atoms with Gasteiger partial charge in [0.15, 0.2) is 0 Å². The van der Waals surface area contributed by atoms with Gasteiger partial charge in [-0.1, -0.05) is 36.7 Å². The second kappa shape index (κ2) is 7.11. The van der Waals surface area contributed by atoms with Crippen LogP contribution in [0.15, 0.2) is 36.4 Å². The largest absolute Gasteiger partial charge is 0.310 e. The molecule has 1 N–H and O–H groups in total. The summed E-state index contributed by atoms with van der Waals surface area (Å²) < 4.78 is 0. The van der Waals surface area contributed by atoms with E-state index in [9.17, 15) is 0 Å². The van der Waals surface area contributed by atoms with E-state index < -0.39 is 0 Å². The second-order valence-electron chi connectivity index (χ2n) is 5.72. The summed E-state index contributed by atoms with van der Waals surface area (Å²) >= 11 is 6.20. The van der Waals surface area contributed by atoms with Crippen molar-refractivity contribution in [1.82, 2.24) is 5.32 Å². The molecule has 2 aromatic carbocycles. The molecule has 1 unspecified atom stereocenters. The van der Waals surface area contributed by atoms with Gasteiger partial charge >= 0.3 is 0 Å². The molecule has 2 heteroatoms. The van der Waals surface area contributed by atoms with Crippen LogP contribution in [0.1, 0.15) is 43.0 Å². The molecule has 0 aromatic heterocycles. The van der Waals surface area contributed by atoms with E-state index in [0.717, 1.165) is 23.6 Å². The summed E-state index contributed by atoms with van der Waals surface area (Å²) in [6.45, 7) is 9.63. The number of halogens is 1. The van der Waals surface area contributed by atoms with Crippen LogP contribution in [0.2, 0.25) is 5.02 Å². The molecule has 0 bridgehead atoms. The standard InChI is InChI=1S/C19H24ClN/c1-5-9-21-15(4)16-7-6-8-17(12-16)18-10-14(3)19(20)11-13(18)2/h6-8,10-12,15,21H,5,9H2,1-4H3. The molecular weight excluding hydrogens is 278 g/mol. The van der Waals surface area contributed by atoms with E-state index in [1.807, 2.05) is 0 Å². The van der Waals surface area contributed by atoms with Gasteiger partial charge in [-0.25, -0.2) is 0 Å². The second-order valence-corrected chi connectivity index (χ2v) is 6.12. The molecule has 0 aliphatic rings. The molecular formula is C19H24ClN. The van der Waals surface area contributed by atoms with Gasteiger partial charge in [0.1, 0.15) is 0 Å². The van der Waals surface area contributed by atoms with Crippen molar-refractivity contribution >= 4 is 11.6 Å². The highest BCUT2D eigenvalue weighted by Crippen LogP contribution is 2.30. The molecule has 0 aliphatic carbocycles. The number of rotatable bonds is 5. The predicted molar refractivity (Wildman–Crippen MR) is 93.1 cm³/mol. The minimum atomic E-state index is 0.374. The number of aryl methyl sites for hydroxylation is 2. The average molecular weight is 302 g/mol. The van der Waals surface area contributed by atoms with Gasteiger partial charge in [-0.15, -0.1) is 0 Å². The highest BCUT2D eigenvalue weighted by Gasteiger charge is 2.09. The third kappa shape index (κ3) is 3.87. The summed E-state index contributed by atoms with van der Waals surface area (Å²) in [5.41, 5.74) is 6.20. The Labute approximate surface area is 133 Å². The maximum absolute atomic E-state index is 6.20. The van der Waals surface area contributed by atoms with E-state index in [2.05, 4.69) is 69.4 Å². The molecule has 0 saturated carbocycles. The van der Waals surface area contributed by atoms with E-state index in [-0.39, 0.29) is 0 Å². The van der Waals surface area contributed by atoms with Gasteiger partial charge < -0.3 is 5.32 Å². The SMILES string of the molecule is CCCNC(C)c1cccc(-c2cc(C)c(Cl)cc2C)c1. The van der Waals surface area contributed by atoms with Gasteiger partial charge in [-0.3, -0.25) is 0 Å². The van der Waals surface area contributed by atoms with Crippen LogP contribution < -0.4 is 5.32 Å². The predicted octanol–water partition coefficient (Wildman–Crippen LogP) is 5.68. The Balaban J connectivity index is 2.35. The van der Waals surface area contributed by atoms with Gasteiger partial charge in [-0.05, 0) is 79.8 Å². The fourth-order valence-electron chi connectivity index (χ4n) is 2.55. The molecule has 0 radical (unpaired) electrons. The maximum atomic E-state index is 6.20. The maximum Gasteiger partial charge on any atom is 0.0438 e. The molecule has 2 aromatic rings. The molecule has 21 heavy (non-hydrogen) atoms. The van der Waals surface area contributed by atoms with E-state index in [1.165, 1.54) is 22.3 Å². The van der Waals surface area contributed by atoms with Crippen molar-refractivity contribution in [3.05, 3.63) is 58.1 Å². The highest BCUT2D eigenvalue weighted by atomic mass is 35.5. The lowest BCUT2D eigenvalue weighted by molar-refractivity contribution is 0.571. The number of hydrogen-bond acceptors (Lipinski definition) is 1. The minimum Gasteiger partial charge on any atom is -0.310 e. The van der Waals surface area contributed by atoms with E-state index in [1.54, 1.807) is 0 Å². The Bertz CT molecular complexity index is 619. The Hall–Kier alpha value is -1.31. The van der Waals surface area contributed by atoms with Crippen molar-refractivity contribution in [2.75, 3.05) is 6.54 Å². The van der Waals surface area contributed by atoms with Crippen LogP contribution in [0.4, 0.5) is 0 Å². The normalized spacial score (nSPS) is 12.4. The molecule has 112 valence electrons. The summed E-state index contributed by atoms with van der Waals surface area (Å²) in [6.07, 6.45) is 1.15. The van der Waals surface area contributed by atoms with E-state index in [0.29, 0.717) is 6.04 Å². The summed E-state index contributed by atoms with van der Waals surface area (Å²) in [5.74, 6) is 0. The molecule has 0 heterocycles. The van der Waals surface area contributed by atoms with Crippen LogP contribution in [0.25, 0.3) is 11.1 Å². The van der Waals surface area contributed by atoms with E-state index in [4.69, 9.17) is 11.6 Å². The van der Waals surface area contributed by atoms with Crippen LogP contribution in [-0.2, 0) is 0 Å². The molecule has 1 nitrogen and oxygen atoms in total. The Morgan fingerprint density at radius 3 is 2.57 bits per heavy atom. The first-order valence-corrected chi connectivity index (χ1v) is 8.01. The Kier molecular flexibility index (Phi) is 5.44. The topological polar surface area (TPSA) is 12.0 Å². The van der Waals surface area contributed by atoms with Crippen LogP contribution in [-0.4, -0.2) is 6.54 Å². The van der Waals surface area contributed by atoms with E-state index >= 15 is 0 Å². The number of nitrogens with one attached hydrogen (secondary N) is 1. The van der Waals surface area contributed by atoms with Gasteiger partial charge in [0.05, 0.1) is 0 Å². The first-order chi connectivity index (χ1) is 10.0. The zero-order valence-electron chi connectivity index (χ0n) is 13.3. The minimum absolute atomic E-state index is 0.374. The lowest BCUT2D eigenvalue weighted by atomic mass is 9.95. The Morgan fingerprint density at radius 1 is 1.10 bits per heavy atom. The first-order valence-electron chi connectivity index (χ1n) is 7.63. The summed E-state index contributed by atoms with van der Waals surface area (Å²) in [5, 5.41) is 4.38. The van der Waals surface area contributed by atoms with Crippen LogP contribution in [0.5, 0.6) is 0 Å². The molecule has 0 spiro atoms. The quantitative estimate of drug-likeness (QED) is 0.748. The lowest BCUT2D eigenvalue weighted by Gasteiger charge is -2.16. The molecule has 2 rings (SSSR count). The zero-order chi connectivity index (χ0) is 15.4. The van der Waals surface area contributed by atoms with Crippen molar-refractivity contribution in [3.63, 3.8) is 0 Å². The first kappa shape index (κ1) is 16.1. The highest BCUT2D eigenvalue weighted by molar-refractivity contribution is 6.31. The van der Waals surface area contributed by atoms with Crippen molar-refractivity contribution in [1.29, 1.82) is 0 Å². The van der Waals surface area contributed by atoms with Gasteiger partial charge in [0.2, 0.25) is 0 Å². The molecule has 1 atom stereocenters. The fourth-order valence-corrected chi connectivity index (χ4v) is 2.76. The molecule has 0 fully saturated rings. The zero-order valence-corrected chi connectivity index (χ0v) is 14.1. The van der Waals surface area contributed by atoms with Crippen molar-refractivity contribution in [2.45, 2.75) is 40.2 Å². The van der Waals surface area contributed by atoms with Gasteiger partial charge in [-0.2, -0.15) is 0 Å². The number of benzene rings is 2. The molecule has 0 aliphatic heterocycles. The summed E-state index contributed by atoms with van der Waals surface area (Å²) in [4.78, 5) is 0. The Morgan fingerprint density at radius 2 is 1.86 bits per heavy atom.